The normalized spacial score (nSPS) is 11.9. The SMILES string of the molecule is COCCN(CCC(=O)OC)C(=O)C(C)n1cccn1. The van der Waals surface area contributed by atoms with Crippen LogP contribution in [-0.4, -0.2) is 60.5 Å². The smallest absolute Gasteiger partial charge is 0.307 e. The monoisotopic (exact) mass is 283 g/mol. The molecule has 0 fully saturated rings. The first-order chi connectivity index (χ1) is 9.60. The van der Waals surface area contributed by atoms with Crippen LogP contribution < -0.4 is 0 Å². The fraction of sp³-hybridized carbons (Fsp3) is 0.615. The van der Waals surface area contributed by atoms with Gasteiger partial charge in [0.25, 0.3) is 0 Å². The van der Waals surface area contributed by atoms with Gasteiger partial charge in [-0.3, -0.25) is 14.3 Å². The molecule has 1 atom stereocenters. The first-order valence-corrected chi connectivity index (χ1v) is 6.43. The van der Waals surface area contributed by atoms with E-state index in [2.05, 4.69) is 9.84 Å². The molecular formula is C13H21N3O4. The van der Waals surface area contributed by atoms with Gasteiger partial charge in [0.05, 0.1) is 20.1 Å². The fourth-order valence-corrected chi connectivity index (χ4v) is 1.75. The van der Waals surface area contributed by atoms with Crippen LogP contribution in [-0.2, 0) is 19.1 Å². The Morgan fingerprint density at radius 2 is 2.10 bits per heavy atom. The lowest BCUT2D eigenvalue weighted by atomic mass is 10.2. The number of rotatable bonds is 8. The molecule has 112 valence electrons. The predicted molar refractivity (Wildman–Crippen MR) is 72.0 cm³/mol. The van der Waals surface area contributed by atoms with E-state index >= 15 is 0 Å². The second-order valence-corrected chi connectivity index (χ2v) is 4.31. The molecule has 1 rings (SSSR count). The molecule has 0 saturated carbocycles. The number of aromatic nitrogens is 2. The average molecular weight is 283 g/mol. The Kier molecular flexibility index (Phi) is 6.72. The van der Waals surface area contributed by atoms with Gasteiger partial charge in [0, 0.05) is 32.6 Å². The summed E-state index contributed by atoms with van der Waals surface area (Å²) < 4.78 is 11.2. The molecule has 1 aromatic heterocycles. The van der Waals surface area contributed by atoms with E-state index in [9.17, 15) is 9.59 Å². The van der Waals surface area contributed by atoms with Crippen molar-refractivity contribution in [3.05, 3.63) is 18.5 Å². The van der Waals surface area contributed by atoms with Crippen molar-refractivity contribution in [1.29, 1.82) is 0 Å². The zero-order chi connectivity index (χ0) is 15.0. The summed E-state index contributed by atoms with van der Waals surface area (Å²) in [5.41, 5.74) is 0. The van der Waals surface area contributed by atoms with Crippen LogP contribution in [0, 0.1) is 0 Å². The van der Waals surface area contributed by atoms with E-state index in [0.717, 1.165) is 0 Å². The number of carbonyl (C=O) groups excluding carboxylic acids is 2. The number of hydrogen-bond acceptors (Lipinski definition) is 5. The Morgan fingerprint density at radius 3 is 2.65 bits per heavy atom. The minimum atomic E-state index is -0.417. The van der Waals surface area contributed by atoms with Crippen molar-refractivity contribution in [2.75, 3.05) is 33.9 Å². The number of amides is 1. The van der Waals surface area contributed by atoms with E-state index in [4.69, 9.17) is 4.74 Å². The average Bonchev–Trinajstić information content (AvgIpc) is 2.99. The third-order valence-corrected chi connectivity index (χ3v) is 2.97. The van der Waals surface area contributed by atoms with Crippen molar-refractivity contribution >= 4 is 11.9 Å². The van der Waals surface area contributed by atoms with E-state index in [0.29, 0.717) is 19.7 Å². The van der Waals surface area contributed by atoms with Gasteiger partial charge in [-0.15, -0.1) is 0 Å². The van der Waals surface area contributed by atoms with Gasteiger partial charge in [0.2, 0.25) is 5.91 Å². The summed E-state index contributed by atoms with van der Waals surface area (Å²) in [7, 11) is 2.90. The number of methoxy groups -OCH3 is 2. The summed E-state index contributed by atoms with van der Waals surface area (Å²) in [6.45, 7) is 2.92. The minimum absolute atomic E-state index is 0.102. The van der Waals surface area contributed by atoms with Crippen LogP contribution in [0.15, 0.2) is 18.5 Å². The molecule has 1 amide bonds. The van der Waals surface area contributed by atoms with Crippen molar-refractivity contribution < 1.29 is 19.1 Å². The third-order valence-electron chi connectivity index (χ3n) is 2.97. The number of esters is 1. The van der Waals surface area contributed by atoms with Crippen LogP contribution in [0.5, 0.6) is 0 Å². The molecule has 0 saturated heterocycles. The molecule has 0 spiro atoms. The second-order valence-electron chi connectivity index (χ2n) is 4.31. The highest BCUT2D eigenvalue weighted by atomic mass is 16.5. The van der Waals surface area contributed by atoms with E-state index < -0.39 is 6.04 Å². The molecule has 1 heterocycles. The van der Waals surface area contributed by atoms with Crippen LogP contribution in [0.4, 0.5) is 0 Å². The number of nitrogens with zero attached hydrogens (tertiary/aromatic N) is 3. The Morgan fingerprint density at radius 1 is 1.35 bits per heavy atom. The second kappa shape index (κ2) is 8.31. The number of hydrogen-bond donors (Lipinski definition) is 0. The van der Waals surface area contributed by atoms with Crippen LogP contribution in [0.3, 0.4) is 0 Å². The Bertz CT molecular complexity index is 419. The number of carbonyl (C=O) groups is 2. The lowest BCUT2D eigenvalue weighted by molar-refractivity contribution is -0.142. The van der Waals surface area contributed by atoms with Crippen molar-refractivity contribution in [3.8, 4) is 0 Å². The van der Waals surface area contributed by atoms with Crippen LogP contribution in [0.25, 0.3) is 0 Å². The Balaban J connectivity index is 2.65. The summed E-state index contributed by atoms with van der Waals surface area (Å²) in [5.74, 6) is -0.443. The van der Waals surface area contributed by atoms with Crippen LogP contribution in [0.1, 0.15) is 19.4 Å². The molecule has 0 N–H and O–H groups in total. The van der Waals surface area contributed by atoms with Crippen molar-refractivity contribution in [2.45, 2.75) is 19.4 Å². The summed E-state index contributed by atoms with van der Waals surface area (Å²) in [5, 5.41) is 4.06. The van der Waals surface area contributed by atoms with Crippen LogP contribution in [0.2, 0.25) is 0 Å². The Hall–Kier alpha value is -1.89. The molecule has 0 radical (unpaired) electrons. The maximum absolute atomic E-state index is 12.4. The van der Waals surface area contributed by atoms with Gasteiger partial charge in [-0.2, -0.15) is 5.10 Å². The van der Waals surface area contributed by atoms with Gasteiger partial charge >= 0.3 is 5.97 Å². The first kappa shape index (κ1) is 16.2. The summed E-state index contributed by atoms with van der Waals surface area (Å²) in [4.78, 5) is 25.2. The van der Waals surface area contributed by atoms with Gasteiger partial charge in [-0.1, -0.05) is 0 Å². The highest BCUT2D eigenvalue weighted by molar-refractivity contribution is 5.80. The third kappa shape index (κ3) is 4.65. The Labute approximate surface area is 118 Å². The number of ether oxygens (including phenoxy) is 2. The topological polar surface area (TPSA) is 73.7 Å². The highest BCUT2D eigenvalue weighted by Gasteiger charge is 2.22. The highest BCUT2D eigenvalue weighted by Crippen LogP contribution is 2.09. The van der Waals surface area contributed by atoms with E-state index in [1.54, 1.807) is 42.1 Å². The lowest BCUT2D eigenvalue weighted by Gasteiger charge is -2.25. The molecule has 7 nitrogen and oxygen atoms in total. The van der Waals surface area contributed by atoms with Crippen molar-refractivity contribution in [2.24, 2.45) is 0 Å². The van der Waals surface area contributed by atoms with Gasteiger partial charge in [0.1, 0.15) is 6.04 Å². The van der Waals surface area contributed by atoms with E-state index in [1.807, 2.05) is 0 Å². The quantitative estimate of drug-likeness (QED) is 0.649. The summed E-state index contributed by atoms with van der Waals surface area (Å²) in [6, 6.07) is 1.34. The van der Waals surface area contributed by atoms with Gasteiger partial charge < -0.3 is 14.4 Å². The molecule has 0 aliphatic rings. The maximum atomic E-state index is 12.4. The summed E-state index contributed by atoms with van der Waals surface area (Å²) in [6.07, 6.45) is 3.52. The van der Waals surface area contributed by atoms with Crippen molar-refractivity contribution in [3.63, 3.8) is 0 Å². The molecule has 0 aliphatic heterocycles. The molecule has 0 bridgehead atoms. The maximum Gasteiger partial charge on any atom is 0.307 e. The van der Waals surface area contributed by atoms with Gasteiger partial charge in [-0.25, -0.2) is 0 Å². The molecule has 0 aromatic carbocycles. The lowest BCUT2D eigenvalue weighted by Crippen LogP contribution is -2.39. The van der Waals surface area contributed by atoms with E-state index in [1.165, 1.54) is 7.11 Å². The molecular weight excluding hydrogens is 262 g/mol. The van der Waals surface area contributed by atoms with Gasteiger partial charge in [-0.05, 0) is 13.0 Å². The molecule has 1 aromatic rings. The molecule has 7 heteroatoms. The molecule has 0 aliphatic carbocycles. The largest absolute Gasteiger partial charge is 0.469 e. The van der Waals surface area contributed by atoms with Crippen LogP contribution >= 0.6 is 0 Å². The zero-order valence-corrected chi connectivity index (χ0v) is 12.1. The summed E-state index contributed by atoms with van der Waals surface area (Å²) >= 11 is 0. The molecule has 1 unspecified atom stereocenters. The predicted octanol–water partition coefficient (Wildman–Crippen LogP) is 0.482. The zero-order valence-electron chi connectivity index (χ0n) is 12.1. The molecule has 20 heavy (non-hydrogen) atoms. The van der Waals surface area contributed by atoms with Gasteiger partial charge in [0.15, 0.2) is 0 Å². The minimum Gasteiger partial charge on any atom is -0.469 e. The fourth-order valence-electron chi connectivity index (χ4n) is 1.75. The van der Waals surface area contributed by atoms with Crippen molar-refractivity contribution in [1.82, 2.24) is 14.7 Å². The van der Waals surface area contributed by atoms with E-state index in [-0.39, 0.29) is 18.3 Å². The first-order valence-electron chi connectivity index (χ1n) is 6.43. The standard InChI is InChI=1S/C13H21N3O4/c1-11(16-7-4-6-14-16)13(18)15(9-10-19-2)8-5-12(17)20-3/h4,6-7,11H,5,8-10H2,1-3H3.